The van der Waals surface area contributed by atoms with Gasteiger partial charge in [-0.05, 0) is 48.2 Å². The average molecular weight is 263 g/mol. The molecule has 3 rings (SSSR count). The number of hydrogen-bond donors (Lipinski definition) is 1. The summed E-state index contributed by atoms with van der Waals surface area (Å²) in [6, 6.07) is 9.30. The Balaban J connectivity index is 1.82. The minimum Gasteiger partial charge on any atom is -0.377 e. The molecule has 1 unspecified atom stereocenters. The van der Waals surface area contributed by atoms with Crippen molar-refractivity contribution >= 4 is 17.3 Å². The second-order valence-electron chi connectivity index (χ2n) is 4.45. The molecule has 18 heavy (non-hydrogen) atoms. The van der Waals surface area contributed by atoms with Gasteiger partial charge in [-0.1, -0.05) is 17.7 Å². The molecule has 2 nitrogen and oxygen atoms in total. The predicted molar refractivity (Wildman–Crippen MR) is 70.3 cm³/mol. The molecule has 0 fully saturated rings. The van der Waals surface area contributed by atoms with Crippen molar-refractivity contribution in [3.63, 3.8) is 0 Å². The molecular weight excluding hydrogens is 251 g/mol. The summed E-state index contributed by atoms with van der Waals surface area (Å²) >= 11 is 5.98. The third kappa shape index (κ3) is 2.18. The minimum atomic E-state index is -0.459. The minimum absolute atomic E-state index is 0.254. The summed E-state index contributed by atoms with van der Waals surface area (Å²) in [7, 11) is 0. The van der Waals surface area contributed by atoms with Gasteiger partial charge in [-0.25, -0.2) is 4.98 Å². The van der Waals surface area contributed by atoms with Crippen LogP contribution < -0.4 is 5.32 Å². The molecule has 0 saturated heterocycles. The van der Waals surface area contributed by atoms with Crippen LogP contribution in [0.15, 0.2) is 36.5 Å². The van der Waals surface area contributed by atoms with Crippen LogP contribution in [0.2, 0.25) is 5.02 Å². The van der Waals surface area contributed by atoms with E-state index in [1.165, 1.54) is 23.4 Å². The highest BCUT2D eigenvalue weighted by Crippen LogP contribution is 2.35. The molecule has 1 aliphatic carbocycles. The molecule has 0 radical (unpaired) electrons. The Morgan fingerprint density at radius 1 is 1.28 bits per heavy atom. The number of benzene rings is 1. The molecule has 0 spiro atoms. The van der Waals surface area contributed by atoms with E-state index in [0.717, 1.165) is 23.6 Å². The smallest absolute Gasteiger partial charge is 0.212 e. The average Bonchev–Trinajstić information content (AvgIpc) is 2.74. The molecule has 0 bridgehead atoms. The van der Waals surface area contributed by atoms with E-state index in [-0.39, 0.29) is 6.04 Å². The van der Waals surface area contributed by atoms with E-state index in [2.05, 4.69) is 16.4 Å². The molecule has 1 atom stereocenters. The van der Waals surface area contributed by atoms with Crippen LogP contribution in [-0.2, 0) is 6.42 Å². The van der Waals surface area contributed by atoms with Gasteiger partial charge in [0.25, 0.3) is 0 Å². The highest BCUT2D eigenvalue weighted by atomic mass is 35.5. The van der Waals surface area contributed by atoms with Crippen molar-refractivity contribution in [2.45, 2.75) is 18.9 Å². The summed E-state index contributed by atoms with van der Waals surface area (Å²) in [6.45, 7) is 0. The van der Waals surface area contributed by atoms with Crippen LogP contribution in [0.5, 0.6) is 0 Å². The Labute approximate surface area is 110 Å². The van der Waals surface area contributed by atoms with Crippen LogP contribution in [0.3, 0.4) is 0 Å². The third-order valence-electron chi connectivity index (χ3n) is 3.25. The Bertz CT molecular complexity index is 569. The number of hydrogen-bond acceptors (Lipinski definition) is 2. The van der Waals surface area contributed by atoms with E-state index < -0.39 is 5.95 Å². The molecule has 1 aromatic heterocycles. The van der Waals surface area contributed by atoms with Crippen LogP contribution in [0.1, 0.15) is 23.6 Å². The van der Waals surface area contributed by atoms with E-state index in [9.17, 15) is 4.39 Å². The monoisotopic (exact) mass is 262 g/mol. The van der Waals surface area contributed by atoms with Gasteiger partial charge >= 0.3 is 0 Å². The lowest BCUT2D eigenvalue weighted by atomic mass is 10.1. The van der Waals surface area contributed by atoms with Crippen molar-refractivity contribution in [3.05, 3.63) is 58.6 Å². The van der Waals surface area contributed by atoms with Gasteiger partial charge in [-0.15, -0.1) is 0 Å². The summed E-state index contributed by atoms with van der Waals surface area (Å²) in [6.07, 6.45) is 3.55. The third-order valence-corrected chi connectivity index (χ3v) is 3.49. The van der Waals surface area contributed by atoms with Crippen molar-refractivity contribution in [1.29, 1.82) is 0 Å². The van der Waals surface area contributed by atoms with Gasteiger partial charge < -0.3 is 5.32 Å². The standard InChI is InChI=1S/C14H12ClFN2/c15-10-2-4-12-9(7-10)1-5-13(12)18-11-3-6-14(16)17-8-11/h2-4,6-8,13,18H,1,5H2. The van der Waals surface area contributed by atoms with Gasteiger partial charge in [-0.3, -0.25) is 0 Å². The molecule has 92 valence electrons. The maximum Gasteiger partial charge on any atom is 0.212 e. The van der Waals surface area contributed by atoms with Crippen molar-refractivity contribution < 1.29 is 4.39 Å². The van der Waals surface area contributed by atoms with Crippen molar-refractivity contribution in [3.8, 4) is 0 Å². The molecule has 1 N–H and O–H groups in total. The molecular formula is C14H12ClFN2. The number of halogens is 2. The number of nitrogens with one attached hydrogen (secondary N) is 1. The van der Waals surface area contributed by atoms with Crippen LogP contribution in [0.4, 0.5) is 10.1 Å². The molecule has 0 saturated carbocycles. The topological polar surface area (TPSA) is 24.9 Å². The Morgan fingerprint density at radius 3 is 2.94 bits per heavy atom. The first-order valence-corrected chi connectivity index (χ1v) is 6.26. The van der Waals surface area contributed by atoms with Gasteiger partial charge in [-0.2, -0.15) is 4.39 Å². The second kappa shape index (κ2) is 4.58. The maximum absolute atomic E-state index is 12.7. The fourth-order valence-electron chi connectivity index (χ4n) is 2.40. The zero-order chi connectivity index (χ0) is 12.5. The van der Waals surface area contributed by atoms with Gasteiger partial charge in [0.05, 0.1) is 17.9 Å². The summed E-state index contributed by atoms with van der Waals surface area (Å²) < 4.78 is 12.7. The van der Waals surface area contributed by atoms with Crippen LogP contribution in [-0.4, -0.2) is 4.98 Å². The van der Waals surface area contributed by atoms with Gasteiger partial charge in [0.15, 0.2) is 0 Å². The first-order valence-electron chi connectivity index (χ1n) is 5.89. The second-order valence-corrected chi connectivity index (χ2v) is 4.88. The molecule has 2 aromatic rings. The summed E-state index contributed by atoms with van der Waals surface area (Å²) in [5.74, 6) is -0.459. The molecule has 1 aromatic carbocycles. The SMILES string of the molecule is Fc1ccc(NC2CCc3cc(Cl)ccc32)cn1. The largest absolute Gasteiger partial charge is 0.377 e. The van der Waals surface area contributed by atoms with Crippen molar-refractivity contribution in [2.24, 2.45) is 0 Å². The van der Waals surface area contributed by atoms with Crippen LogP contribution in [0.25, 0.3) is 0 Å². The van der Waals surface area contributed by atoms with Gasteiger partial charge in [0, 0.05) is 5.02 Å². The number of nitrogens with zero attached hydrogens (tertiary/aromatic N) is 1. The lowest BCUT2D eigenvalue weighted by Gasteiger charge is -2.15. The zero-order valence-corrected chi connectivity index (χ0v) is 10.4. The Morgan fingerprint density at radius 2 is 2.17 bits per heavy atom. The number of rotatable bonds is 2. The fraction of sp³-hybridized carbons (Fsp3) is 0.214. The normalized spacial score (nSPS) is 17.6. The van der Waals surface area contributed by atoms with Crippen LogP contribution >= 0.6 is 11.6 Å². The van der Waals surface area contributed by atoms with E-state index in [1.807, 2.05) is 12.1 Å². The van der Waals surface area contributed by atoms with Crippen LogP contribution in [0, 0.1) is 5.95 Å². The Kier molecular flexibility index (Phi) is 2.92. The number of aromatic nitrogens is 1. The van der Waals surface area contributed by atoms with E-state index >= 15 is 0 Å². The lowest BCUT2D eigenvalue weighted by Crippen LogP contribution is -2.07. The highest BCUT2D eigenvalue weighted by Gasteiger charge is 2.22. The number of aryl methyl sites for hydroxylation is 1. The first kappa shape index (κ1) is 11.5. The zero-order valence-electron chi connectivity index (χ0n) is 9.66. The molecule has 0 amide bonds. The molecule has 1 aliphatic rings. The summed E-state index contributed by atoms with van der Waals surface area (Å²) in [5.41, 5.74) is 3.39. The number of pyridine rings is 1. The van der Waals surface area contributed by atoms with Gasteiger partial charge in [0.1, 0.15) is 0 Å². The fourth-order valence-corrected chi connectivity index (χ4v) is 2.59. The molecule has 4 heteroatoms. The quantitative estimate of drug-likeness (QED) is 0.829. The number of anilines is 1. The van der Waals surface area contributed by atoms with Crippen molar-refractivity contribution in [2.75, 3.05) is 5.32 Å². The Hall–Kier alpha value is -1.61. The maximum atomic E-state index is 12.7. The van der Waals surface area contributed by atoms with Crippen molar-refractivity contribution in [1.82, 2.24) is 4.98 Å². The summed E-state index contributed by atoms with van der Waals surface area (Å²) in [4.78, 5) is 3.64. The first-order chi connectivity index (χ1) is 8.72. The van der Waals surface area contributed by atoms with Gasteiger partial charge in [0.2, 0.25) is 5.95 Å². The van der Waals surface area contributed by atoms with E-state index in [1.54, 1.807) is 6.07 Å². The lowest BCUT2D eigenvalue weighted by molar-refractivity contribution is 0.583. The summed E-state index contributed by atoms with van der Waals surface area (Å²) in [5, 5.41) is 4.15. The molecule has 0 aliphatic heterocycles. The van der Waals surface area contributed by atoms with E-state index in [0.29, 0.717) is 0 Å². The van der Waals surface area contributed by atoms with E-state index in [4.69, 9.17) is 11.6 Å². The highest BCUT2D eigenvalue weighted by molar-refractivity contribution is 6.30. The molecule has 1 heterocycles. The number of fused-ring (bicyclic) bond motifs is 1. The predicted octanol–water partition coefficient (Wildman–Crippen LogP) is 3.97.